The number of hydrogen-bond donors (Lipinski definition) is 2. The van der Waals surface area contributed by atoms with Gasteiger partial charge in [-0.25, -0.2) is 0 Å². The Kier molecular flexibility index (Phi) is 13.7. The smallest absolute Gasteiger partial charge is 0.190 e. The summed E-state index contributed by atoms with van der Waals surface area (Å²) in [6, 6.07) is 0. The third-order valence-electron chi connectivity index (χ3n) is 6.57. The van der Waals surface area contributed by atoms with E-state index >= 15 is 0 Å². The average Bonchev–Trinajstić information content (AvgIpc) is 3.15. The number of halogens is 1. The number of guanidine groups is 1. The number of unbranched alkanes of at least 4 members (excludes halogenated alkanes) is 1. The van der Waals surface area contributed by atoms with E-state index in [0.29, 0.717) is 5.41 Å². The lowest BCUT2D eigenvalue weighted by atomic mass is 9.83. The van der Waals surface area contributed by atoms with Crippen LogP contribution >= 0.6 is 24.0 Å². The molecule has 6 heteroatoms. The molecule has 0 aromatic carbocycles. The summed E-state index contributed by atoms with van der Waals surface area (Å²) in [5.41, 5.74) is 0.401. The second-order valence-electron chi connectivity index (χ2n) is 8.74. The quantitative estimate of drug-likeness (QED) is 0.190. The molecule has 1 saturated carbocycles. The Morgan fingerprint density at radius 2 is 1.86 bits per heavy atom. The molecule has 166 valence electrons. The number of hydrogen-bond acceptors (Lipinski definition) is 3. The SMILES string of the molecule is CCOCCC1(CNC(=NC)NCCCCN2CCC(C)CC2)CCCC1.I. The molecule has 2 aliphatic rings. The van der Waals surface area contributed by atoms with Crippen LogP contribution in [0.3, 0.4) is 0 Å². The minimum absolute atomic E-state index is 0. The van der Waals surface area contributed by atoms with E-state index in [4.69, 9.17) is 4.74 Å². The van der Waals surface area contributed by atoms with Gasteiger partial charge in [0, 0.05) is 33.4 Å². The number of nitrogens with one attached hydrogen (secondary N) is 2. The van der Waals surface area contributed by atoms with Crippen LogP contribution in [0.5, 0.6) is 0 Å². The van der Waals surface area contributed by atoms with Crippen molar-refractivity contribution in [2.24, 2.45) is 16.3 Å². The zero-order valence-electron chi connectivity index (χ0n) is 18.6. The molecule has 1 heterocycles. The van der Waals surface area contributed by atoms with E-state index in [0.717, 1.165) is 38.2 Å². The molecule has 28 heavy (non-hydrogen) atoms. The van der Waals surface area contributed by atoms with Gasteiger partial charge in [0.1, 0.15) is 0 Å². The zero-order valence-corrected chi connectivity index (χ0v) is 20.9. The number of ether oxygens (including phenoxy) is 1. The first-order valence-electron chi connectivity index (χ1n) is 11.4. The highest BCUT2D eigenvalue weighted by molar-refractivity contribution is 14.0. The van der Waals surface area contributed by atoms with Gasteiger partial charge in [0.2, 0.25) is 0 Å². The molecule has 2 N–H and O–H groups in total. The zero-order chi connectivity index (χ0) is 19.4. The Labute approximate surface area is 190 Å². The summed E-state index contributed by atoms with van der Waals surface area (Å²) in [5.74, 6) is 1.89. The fourth-order valence-electron chi connectivity index (χ4n) is 4.52. The van der Waals surface area contributed by atoms with Crippen LogP contribution in [0.2, 0.25) is 0 Å². The second kappa shape index (κ2) is 14.8. The standard InChI is InChI=1S/C22H44N4O.HI/c1-4-27-18-13-22(11-5-6-12-22)19-25-21(23-3)24-14-7-8-15-26-16-9-20(2)10-17-26;/h20H,4-19H2,1-3H3,(H2,23,24,25);1H. The molecule has 1 aliphatic heterocycles. The molecule has 5 nitrogen and oxygen atoms in total. The molecule has 0 aromatic rings. The number of nitrogens with zero attached hydrogens (tertiary/aromatic N) is 2. The van der Waals surface area contributed by atoms with Gasteiger partial charge in [0.25, 0.3) is 0 Å². The molecule has 0 unspecified atom stereocenters. The molecule has 1 aliphatic carbocycles. The summed E-state index contributed by atoms with van der Waals surface area (Å²) in [7, 11) is 1.88. The van der Waals surface area contributed by atoms with E-state index < -0.39 is 0 Å². The molecule has 0 bridgehead atoms. The predicted octanol–water partition coefficient (Wildman–Crippen LogP) is 4.27. The van der Waals surface area contributed by atoms with Crippen molar-refractivity contribution >= 4 is 29.9 Å². The minimum Gasteiger partial charge on any atom is -0.382 e. The van der Waals surface area contributed by atoms with Crippen LogP contribution < -0.4 is 10.6 Å². The van der Waals surface area contributed by atoms with Crippen molar-refractivity contribution in [3.63, 3.8) is 0 Å². The van der Waals surface area contributed by atoms with Crippen LogP contribution in [0.25, 0.3) is 0 Å². The molecule has 2 rings (SSSR count). The van der Waals surface area contributed by atoms with Crippen molar-refractivity contribution in [2.75, 3.05) is 53.0 Å². The molecular weight excluding hydrogens is 463 g/mol. The highest BCUT2D eigenvalue weighted by atomic mass is 127. The van der Waals surface area contributed by atoms with Crippen LogP contribution in [-0.4, -0.2) is 63.8 Å². The van der Waals surface area contributed by atoms with Crippen molar-refractivity contribution in [1.29, 1.82) is 0 Å². The van der Waals surface area contributed by atoms with Gasteiger partial charge in [0.15, 0.2) is 5.96 Å². The molecule has 0 aromatic heterocycles. The van der Waals surface area contributed by atoms with Crippen molar-refractivity contribution in [3.8, 4) is 0 Å². The lowest BCUT2D eigenvalue weighted by Gasteiger charge is -2.30. The average molecular weight is 509 g/mol. The van der Waals surface area contributed by atoms with Crippen molar-refractivity contribution in [2.45, 2.75) is 71.6 Å². The maximum Gasteiger partial charge on any atom is 0.190 e. The largest absolute Gasteiger partial charge is 0.382 e. The minimum atomic E-state index is 0. The number of aliphatic imine (C=N–C) groups is 1. The fraction of sp³-hybridized carbons (Fsp3) is 0.955. The van der Waals surface area contributed by atoms with Crippen LogP contribution in [0.1, 0.15) is 71.6 Å². The topological polar surface area (TPSA) is 48.9 Å². The van der Waals surface area contributed by atoms with Crippen LogP contribution in [-0.2, 0) is 4.74 Å². The predicted molar refractivity (Wildman–Crippen MR) is 131 cm³/mol. The van der Waals surface area contributed by atoms with Gasteiger partial charge in [-0.2, -0.15) is 0 Å². The van der Waals surface area contributed by atoms with Gasteiger partial charge < -0.3 is 20.3 Å². The van der Waals surface area contributed by atoms with Crippen LogP contribution in [0.15, 0.2) is 4.99 Å². The summed E-state index contributed by atoms with van der Waals surface area (Å²) < 4.78 is 5.62. The number of likely N-dealkylation sites (tertiary alicyclic amines) is 1. The fourth-order valence-corrected chi connectivity index (χ4v) is 4.52. The lowest BCUT2D eigenvalue weighted by molar-refractivity contribution is 0.105. The first-order valence-corrected chi connectivity index (χ1v) is 11.4. The Hall–Kier alpha value is -0.0800. The summed E-state index contributed by atoms with van der Waals surface area (Å²) >= 11 is 0. The van der Waals surface area contributed by atoms with Crippen molar-refractivity contribution in [1.82, 2.24) is 15.5 Å². The van der Waals surface area contributed by atoms with E-state index in [9.17, 15) is 0 Å². The third kappa shape index (κ3) is 9.61. The summed E-state index contributed by atoms with van der Waals surface area (Å²) in [5, 5.41) is 7.11. The van der Waals surface area contributed by atoms with Crippen molar-refractivity contribution < 1.29 is 4.74 Å². The summed E-state index contributed by atoms with van der Waals surface area (Å²) in [6.07, 6.45) is 11.7. The van der Waals surface area contributed by atoms with Crippen molar-refractivity contribution in [3.05, 3.63) is 0 Å². The molecule has 2 fully saturated rings. The molecule has 0 spiro atoms. The Morgan fingerprint density at radius 3 is 2.50 bits per heavy atom. The third-order valence-corrected chi connectivity index (χ3v) is 6.57. The summed E-state index contributed by atoms with van der Waals surface area (Å²) in [4.78, 5) is 7.06. The van der Waals surface area contributed by atoms with E-state index in [1.54, 1.807) is 0 Å². The van der Waals surface area contributed by atoms with Gasteiger partial charge in [-0.3, -0.25) is 4.99 Å². The van der Waals surface area contributed by atoms with Gasteiger partial charge in [0.05, 0.1) is 0 Å². The van der Waals surface area contributed by atoms with Gasteiger partial charge in [-0.1, -0.05) is 19.8 Å². The molecule has 0 atom stereocenters. The van der Waals surface area contributed by atoms with Gasteiger partial charge >= 0.3 is 0 Å². The van der Waals surface area contributed by atoms with E-state index in [2.05, 4.69) is 34.4 Å². The number of rotatable bonds is 11. The highest BCUT2D eigenvalue weighted by Gasteiger charge is 2.33. The molecular formula is C22H45IN4O. The Balaban J connectivity index is 0.00000392. The lowest BCUT2D eigenvalue weighted by Crippen LogP contribution is -2.43. The Bertz CT molecular complexity index is 419. The Morgan fingerprint density at radius 1 is 1.14 bits per heavy atom. The monoisotopic (exact) mass is 508 g/mol. The first-order chi connectivity index (χ1) is 13.2. The van der Waals surface area contributed by atoms with E-state index in [-0.39, 0.29) is 24.0 Å². The van der Waals surface area contributed by atoms with E-state index in [1.807, 2.05) is 7.05 Å². The molecule has 0 amide bonds. The van der Waals surface area contributed by atoms with Gasteiger partial charge in [-0.15, -0.1) is 24.0 Å². The van der Waals surface area contributed by atoms with Crippen LogP contribution in [0, 0.1) is 11.3 Å². The van der Waals surface area contributed by atoms with Gasteiger partial charge in [-0.05, 0) is 82.8 Å². The normalized spacial score (nSPS) is 20.8. The van der Waals surface area contributed by atoms with E-state index in [1.165, 1.54) is 77.4 Å². The first kappa shape index (κ1) is 26.0. The second-order valence-corrected chi connectivity index (χ2v) is 8.74. The maximum atomic E-state index is 5.62. The highest BCUT2D eigenvalue weighted by Crippen LogP contribution is 2.40. The summed E-state index contributed by atoms with van der Waals surface area (Å²) in [6.45, 7) is 12.0. The number of piperidine rings is 1. The van der Waals surface area contributed by atoms with Crippen LogP contribution in [0.4, 0.5) is 0 Å². The maximum absolute atomic E-state index is 5.62. The molecule has 0 radical (unpaired) electrons. The molecule has 1 saturated heterocycles.